The number of rotatable bonds is 29. The fraction of sp³-hybridized carbons (Fsp3) is 0.938. The summed E-state index contributed by atoms with van der Waals surface area (Å²) in [7, 11) is 0. The highest BCUT2D eigenvalue weighted by Crippen LogP contribution is 2.12. The second kappa shape index (κ2) is 30.2. The van der Waals surface area contributed by atoms with Crippen molar-refractivity contribution >= 4 is 11.9 Å². The molecule has 0 rings (SSSR count). The van der Waals surface area contributed by atoms with Gasteiger partial charge in [-0.1, -0.05) is 142 Å². The summed E-state index contributed by atoms with van der Waals surface area (Å²) in [5.74, 6) is -0.0754. The second-order valence-corrected chi connectivity index (χ2v) is 10.7. The highest BCUT2D eigenvalue weighted by atomic mass is 16.5. The zero-order chi connectivity index (χ0) is 26.4. The molecule has 0 aromatic carbocycles. The fourth-order valence-corrected chi connectivity index (χ4v) is 4.59. The lowest BCUT2D eigenvalue weighted by atomic mass is 10.1. The number of ether oxygens (including phenoxy) is 2. The monoisotopic (exact) mass is 510 g/mol. The van der Waals surface area contributed by atoms with Gasteiger partial charge in [0.15, 0.2) is 0 Å². The van der Waals surface area contributed by atoms with E-state index in [2.05, 4.69) is 13.8 Å². The van der Waals surface area contributed by atoms with Crippen molar-refractivity contribution in [3.05, 3.63) is 0 Å². The van der Waals surface area contributed by atoms with Crippen molar-refractivity contribution < 1.29 is 19.1 Å². The molecule has 0 heterocycles. The van der Waals surface area contributed by atoms with Gasteiger partial charge in [-0.25, -0.2) is 0 Å². The number of unbranched alkanes of at least 4 members (excludes halogenated alkanes) is 21. The average molecular weight is 511 g/mol. The zero-order valence-corrected chi connectivity index (χ0v) is 24.4. The van der Waals surface area contributed by atoms with Crippen molar-refractivity contribution in [2.75, 3.05) is 13.2 Å². The van der Waals surface area contributed by atoms with Crippen molar-refractivity contribution in [1.29, 1.82) is 0 Å². The zero-order valence-electron chi connectivity index (χ0n) is 24.4. The highest BCUT2D eigenvalue weighted by molar-refractivity contribution is 5.69. The van der Waals surface area contributed by atoms with E-state index in [1.807, 2.05) is 0 Å². The lowest BCUT2D eigenvalue weighted by Gasteiger charge is -2.06. The molecule has 0 saturated heterocycles. The molecular formula is C32H62O4. The van der Waals surface area contributed by atoms with Gasteiger partial charge in [-0.2, -0.15) is 0 Å². The Balaban J connectivity index is 3.25. The maximum Gasteiger partial charge on any atom is 0.305 e. The second-order valence-electron chi connectivity index (χ2n) is 10.7. The Morgan fingerprint density at radius 1 is 0.361 bits per heavy atom. The van der Waals surface area contributed by atoms with Crippen LogP contribution in [0.4, 0.5) is 0 Å². The highest BCUT2D eigenvalue weighted by Gasteiger charge is 2.04. The van der Waals surface area contributed by atoms with Gasteiger partial charge in [-0.3, -0.25) is 9.59 Å². The van der Waals surface area contributed by atoms with Crippen LogP contribution in [0.5, 0.6) is 0 Å². The molecule has 0 aliphatic rings. The molecule has 214 valence electrons. The van der Waals surface area contributed by atoms with Gasteiger partial charge in [0.2, 0.25) is 0 Å². The van der Waals surface area contributed by atoms with Crippen LogP contribution in [-0.2, 0) is 19.1 Å². The van der Waals surface area contributed by atoms with Gasteiger partial charge in [0.1, 0.15) is 0 Å². The summed E-state index contributed by atoms with van der Waals surface area (Å²) >= 11 is 0. The van der Waals surface area contributed by atoms with Crippen LogP contribution in [0.25, 0.3) is 0 Å². The first-order valence-corrected chi connectivity index (χ1v) is 16.0. The topological polar surface area (TPSA) is 52.6 Å². The molecule has 0 atom stereocenters. The van der Waals surface area contributed by atoms with Crippen molar-refractivity contribution in [3.63, 3.8) is 0 Å². The SMILES string of the molecule is CCCCCCCCCCCOC(=O)CCCCCCCCC(=O)OCCCCCCCCCCC. The summed E-state index contributed by atoms with van der Waals surface area (Å²) in [6, 6.07) is 0. The third-order valence-electron chi connectivity index (χ3n) is 7.03. The Kier molecular flexibility index (Phi) is 29.3. The van der Waals surface area contributed by atoms with Gasteiger partial charge in [-0.15, -0.1) is 0 Å². The molecule has 0 N–H and O–H groups in total. The number of hydrogen-bond acceptors (Lipinski definition) is 4. The molecule has 0 saturated carbocycles. The molecule has 0 bridgehead atoms. The summed E-state index contributed by atoms with van der Waals surface area (Å²) in [6.45, 7) is 5.68. The molecule has 0 aromatic rings. The van der Waals surface area contributed by atoms with Crippen LogP contribution >= 0.6 is 0 Å². The standard InChI is InChI=1S/C32H62O4/c1-3-5-7-9-11-13-17-21-25-29-35-31(33)27-23-19-15-16-20-24-28-32(34)36-30-26-22-18-14-12-10-8-6-4-2/h3-30H2,1-2H3. The Labute approximate surface area is 225 Å². The molecule has 0 aromatic heterocycles. The van der Waals surface area contributed by atoms with E-state index in [0.717, 1.165) is 51.4 Å². The number of carbonyl (C=O) groups is 2. The van der Waals surface area contributed by atoms with Crippen LogP contribution in [-0.4, -0.2) is 25.2 Å². The van der Waals surface area contributed by atoms with E-state index in [1.54, 1.807) is 0 Å². The van der Waals surface area contributed by atoms with Crippen molar-refractivity contribution in [2.45, 2.75) is 181 Å². The number of esters is 2. The maximum atomic E-state index is 11.8. The average Bonchev–Trinajstić information content (AvgIpc) is 2.87. The van der Waals surface area contributed by atoms with E-state index in [9.17, 15) is 9.59 Å². The first-order chi connectivity index (χ1) is 17.7. The van der Waals surface area contributed by atoms with Gasteiger partial charge in [0.05, 0.1) is 13.2 Å². The van der Waals surface area contributed by atoms with Crippen LogP contribution in [0.15, 0.2) is 0 Å². The molecular weight excluding hydrogens is 448 g/mol. The van der Waals surface area contributed by atoms with Crippen LogP contribution < -0.4 is 0 Å². The minimum atomic E-state index is -0.0377. The Hall–Kier alpha value is -1.06. The van der Waals surface area contributed by atoms with Crippen molar-refractivity contribution in [3.8, 4) is 0 Å². The third-order valence-corrected chi connectivity index (χ3v) is 7.03. The van der Waals surface area contributed by atoms with E-state index < -0.39 is 0 Å². The molecule has 0 aliphatic carbocycles. The van der Waals surface area contributed by atoms with E-state index in [4.69, 9.17) is 9.47 Å². The lowest BCUT2D eigenvalue weighted by Crippen LogP contribution is -2.06. The first kappa shape index (κ1) is 34.9. The fourth-order valence-electron chi connectivity index (χ4n) is 4.59. The Morgan fingerprint density at radius 3 is 0.917 bits per heavy atom. The van der Waals surface area contributed by atoms with E-state index in [0.29, 0.717) is 26.1 Å². The first-order valence-electron chi connectivity index (χ1n) is 16.0. The molecule has 0 aliphatic heterocycles. The largest absolute Gasteiger partial charge is 0.466 e. The summed E-state index contributed by atoms with van der Waals surface area (Å²) < 4.78 is 10.7. The van der Waals surface area contributed by atoms with E-state index in [-0.39, 0.29) is 11.9 Å². The van der Waals surface area contributed by atoms with E-state index in [1.165, 1.54) is 103 Å². The van der Waals surface area contributed by atoms with Crippen molar-refractivity contribution in [1.82, 2.24) is 0 Å². The van der Waals surface area contributed by atoms with Gasteiger partial charge in [0, 0.05) is 12.8 Å². The Bertz CT molecular complexity index is 421. The number of carbonyl (C=O) groups excluding carboxylic acids is 2. The van der Waals surface area contributed by atoms with E-state index >= 15 is 0 Å². The van der Waals surface area contributed by atoms with Crippen LogP contribution in [0.1, 0.15) is 181 Å². The minimum absolute atomic E-state index is 0.0377. The summed E-state index contributed by atoms with van der Waals surface area (Å²) in [5, 5.41) is 0. The predicted octanol–water partition coefficient (Wildman–Crippen LogP) is 10.3. The molecule has 4 heteroatoms. The summed E-state index contributed by atoms with van der Waals surface area (Å²) in [4.78, 5) is 23.6. The quantitative estimate of drug-likeness (QED) is 0.0741. The maximum absolute atomic E-state index is 11.8. The molecule has 0 amide bonds. The molecule has 0 spiro atoms. The number of hydrogen-bond donors (Lipinski definition) is 0. The minimum Gasteiger partial charge on any atom is -0.466 e. The van der Waals surface area contributed by atoms with Gasteiger partial charge in [-0.05, 0) is 25.7 Å². The molecule has 36 heavy (non-hydrogen) atoms. The smallest absolute Gasteiger partial charge is 0.305 e. The summed E-state index contributed by atoms with van der Waals surface area (Å²) in [6.07, 6.45) is 30.4. The molecule has 0 radical (unpaired) electrons. The van der Waals surface area contributed by atoms with Gasteiger partial charge >= 0.3 is 11.9 Å². The van der Waals surface area contributed by atoms with Crippen LogP contribution in [0.3, 0.4) is 0 Å². The molecule has 0 unspecified atom stereocenters. The normalized spacial score (nSPS) is 11.1. The predicted molar refractivity (Wildman–Crippen MR) is 153 cm³/mol. The molecule has 4 nitrogen and oxygen atoms in total. The molecule has 0 fully saturated rings. The third kappa shape index (κ3) is 29.2. The Morgan fingerprint density at radius 2 is 0.611 bits per heavy atom. The van der Waals surface area contributed by atoms with Gasteiger partial charge < -0.3 is 9.47 Å². The van der Waals surface area contributed by atoms with Crippen LogP contribution in [0.2, 0.25) is 0 Å². The van der Waals surface area contributed by atoms with Crippen LogP contribution in [0, 0.1) is 0 Å². The summed E-state index contributed by atoms with van der Waals surface area (Å²) in [5.41, 5.74) is 0. The van der Waals surface area contributed by atoms with Gasteiger partial charge in [0.25, 0.3) is 0 Å². The lowest BCUT2D eigenvalue weighted by molar-refractivity contribution is -0.144. The van der Waals surface area contributed by atoms with Crippen molar-refractivity contribution in [2.24, 2.45) is 0 Å².